The molecule has 0 radical (unpaired) electrons. The summed E-state index contributed by atoms with van der Waals surface area (Å²) in [5.41, 5.74) is 0. The third-order valence-electron chi connectivity index (χ3n) is 1.80. The predicted octanol–water partition coefficient (Wildman–Crippen LogP) is 0.448. The van der Waals surface area contributed by atoms with Gasteiger partial charge in [0.05, 0.1) is 18.8 Å². The van der Waals surface area contributed by atoms with Crippen LogP contribution in [-0.2, 0) is 4.74 Å². The largest absolute Gasteiger partial charge is 0.391 e. The van der Waals surface area contributed by atoms with Crippen molar-refractivity contribution in [2.45, 2.75) is 12.5 Å². The van der Waals surface area contributed by atoms with Crippen LogP contribution in [0.4, 0.5) is 0 Å². The third-order valence-corrected chi connectivity index (χ3v) is 2.15. The predicted molar refractivity (Wildman–Crippen MR) is 55.3 cm³/mol. The van der Waals surface area contributed by atoms with Crippen molar-refractivity contribution in [3.8, 4) is 6.07 Å². The van der Waals surface area contributed by atoms with Gasteiger partial charge in [0, 0.05) is 39.0 Å². The molecule has 0 aliphatic carbocycles. The van der Waals surface area contributed by atoms with E-state index in [1.807, 2.05) is 4.90 Å². The first-order valence-electron chi connectivity index (χ1n) is 4.56. The summed E-state index contributed by atoms with van der Waals surface area (Å²) in [5.74, 6) is 0.218. The van der Waals surface area contributed by atoms with Crippen LogP contribution in [0.1, 0.15) is 6.42 Å². The van der Waals surface area contributed by atoms with Crippen molar-refractivity contribution < 1.29 is 9.84 Å². The Kier molecular flexibility index (Phi) is 9.00. The molecule has 1 atom stereocenters. The van der Waals surface area contributed by atoms with Crippen LogP contribution in [0.5, 0.6) is 0 Å². The van der Waals surface area contributed by atoms with Gasteiger partial charge >= 0.3 is 0 Å². The summed E-state index contributed by atoms with van der Waals surface area (Å²) >= 11 is 5.49. The van der Waals surface area contributed by atoms with E-state index in [4.69, 9.17) is 21.6 Å². The zero-order chi connectivity index (χ0) is 10.8. The number of halogens is 1. The van der Waals surface area contributed by atoms with Gasteiger partial charge < -0.3 is 9.84 Å². The Balaban J connectivity index is 3.78. The van der Waals surface area contributed by atoms with Crippen LogP contribution in [0.25, 0.3) is 0 Å². The second-order valence-electron chi connectivity index (χ2n) is 3.01. The maximum absolute atomic E-state index is 9.33. The molecular formula is C9H17ClN2O2. The first-order chi connectivity index (χ1) is 6.74. The van der Waals surface area contributed by atoms with Crippen LogP contribution in [0.15, 0.2) is 0 Å². The third kappa shape index (κ3) is 7.10. The summed E-state index contributed by atoms with van der Waals surface area (Å²) in [5, 5.41) is 17.8. The molecule has 1 N–H and O–H groups in total. The minimum absolute atomic E-state index is 0.218. The van der Waals surface area contributed by atoms with Gasteiger partial charge in [-0.25, -0.2) is 0 Å². The van der Waals surface area contributed by atoms with E-state index < -0.39 is 6.10 Å². The summed E-state index contributed by atoms with van der Waals surface area (Å²) in [6.45, 7) is 2.45. The Morgan fingerprint density at radius 2 is 2.29 bits per heavy atom. The molecule has 0 aromatic carbocycles. The molecule has 0 rings (SSSR count). The topological polar surface area (TPSA) is 56.5 Å². The molecule has 0 amide bonds. The number of methoxy groups -OCH3 is 1. The molecule has 14 heavy (non-hydrogen) atoms. The number of hydrogen-bond donors (Lipinski definition) is 1. The van der Waals surface area contributed by atoms with Crippen molar-refractivity contribution in [3.63, 3.8) is 0 Å². The molecule has 5 heteroatoms. The molecule has 4 nitrogen and oxygen atoms in total. The minimum atomic E-state index is -0.535. The zero-order valence-corrected chi connectivity index (χ0v) is 9.20. The molecule has 0 fully saturated rings. The average molecular weight is 221 g/mol. The van der Waals surface area contributed by atoms with Gasteiger partial charge in [-0.15, -0.1) is 11.6 Å². The molecule has 0 aromatic heterocycles. The van der Waals surface area contributed by atoms with Crippen molar-refractivity contribution in [1.29, 1.82) is 5.26 Å². The van der Waals surface area contributed by atoms with Crippen molar-refractivity contribution in [2.75, 3.05) is 39.2 Å². The van der Waals surface area contributed by atoms with Crippen LogP contribution in [0.3, 0.4) is 0 Å². The monoisotopic (exact) mass is 220 g/mol. The highest BCUT2D eigenvalue weighted by atomic mass is 35.5. The molecule has 0 aliphatic heterocycles. The first-order valence-corrected chi connectivity index (χ1v) is 5.10. The fraction of sp³-hybridized carbons (Fsp3) is 0.889. The highest BCUT2D eigenvalue weighted by Crippen LogP contribution is 1.96. The first kappa shape index (κ1) is 13.7. The van der Waals surface area contributed by atoms with E-state index in [1.165, 1.54) is 0 Å². The van der Waals surface area contributed by atoms with E-state index in [2.05, 4.69) is 6.07 Å². The molecular weight excluding hydrogens is 204 g/mol. The number of hydrogen-bond acceptors (Lipinski definition) is 4. The lowest BCUT2D eigenvalue weighted by atomic mass is 10.3. The summed E-state index contributed by atoms with van der Waals surface area (Å²) in [7, 11) is 1.63. The molecule has 0 aliphatic rings. The summed E-state index contributed by atoms with van der Waals surface area (Å²) in [6.07, 6.45) is -0.0779. The lowest BCUT2D eigenvalue weighted by Crippen LogP contribution is -2.36. The van der Waals surface area contributed by atoms with Crippen LogP contribution < -0.4 is 0 Å². The molecule has 82 valence electrons. The van der Waals surface area contributed by atoms with Crippen LogP contribution >= 0.6 is 11.6 Å². The number of alkyl halides is 1. The highest BCUT2D eigenvalue weighted by Gasteiger charge is 2.09. The van der Waals surface area contributed by atoms with Gasteiger partial charge in [-0.3, -0.25) is 4.90 Å². The summed E-state index contributed by atoms with van der Waals surface area (Å²) in [6, 6.07) is 2.07. The molecule has 0 saturated carbocycles. The number of nitriles is 1. The van der Waals surface area contributed by atoms with Gasteiger partial charge in [0.2, 0.25) is 0 Å². The van der Waals surface area contributed by atoms with Gasteiger partial charge in [-0.2, -0.15) is 5.26 Å². The fourth-order valence-corrected chi connectivity index (χ4v) is 1.17. The van der Waals surface area contributed by atoms with Crippen LogP contribution in [-0.4, -0.2) is 55.3 Å². The van der Waals surface area contributed by atoms with Crippen molar-refractivity contribution >= 4 is 11.6 Å². The fourth-order valence-electron chi connectivity index (χ4n) is 1.07. The minimum Gasteiger partial charge on any atom is -0.391 e. The van der Waals surface area contributed by atoms with Crippen molar-refractivity contribution in [2.24, 2.45) is 0 Å². The Labute approximate surface area is 90.0 Å². The quantitative estimate of drug-likeness (QED) is 0.604. The standard InChI is InChI=1S/C9H17ClN2O2/c1-14-6-5-12(4-2-3-11)8-9(13)7-10/h9,13H,2,4-8H2,1H3. The van der Waals surface area contributed by atoms with Crippen LogP contribution in [0, 0.1) is 11.3 Å². The maximum atomic E-state index is 9.33. The molecule has 0 spiro atoms. The second kappa shape index (κ2) is 9.22. The highest BCUT2D eigenvalue weighted by molar-refractivity contribution is 6.18. The smallest absolute Gasteiger partial charge is 0.0802 e. The summed E-state index contributed by atoms with van der Waals surface area (Å²) < 4.78 is 4.93. The maximum Gasteiger partial charge on any atom is 0.0802 e. The average Bonchev–Trinajstić information content (AvgIpc) is 2.21. The molecule has 0 aromatic rings. The van der Waals surface area contributed by atoms with Gasteiger partial charge in [-0.1, -0.05) is 0 Å². The molecule has 0 heterocycles. The van der Waals surface area contributed by atoms with Gasteiger partial charge in [-0.05, 0) is 0 Å². The van der Waals surface area contributed by atoms with E-state index in [9.17, 15) is 5.11 Å². The Hall–Kier alpha value is -0.340. The zero-order valence-electron chi connectivity index (χ0n) is 8.45. The van der Waals surface area contributed by atoms with E-state index in [0.29, 0.717) is 32.7 Å². The number of nitrogens with zero attached hydrogens (tertiary/aromatic N) is 2. The number of aliphatic hydroxyl groups excluding tert-OH is 1. The Morgan fingerprint density at radius 1 is 1.57 bits per heavy atom. The van der Waals surface area contributed by atoms with Gasteiger partial charge in [0.15, 0.2) is 0 Å². The SMILES string of the molecule is COCCN(CCC#N)CC(O)CCl. The van der Waals surface area contributed by atoms with Gasteiger partial charge in [0.1, 0.15) is 0 Å². The Bertz CT molecular complexity index is 173. The van der Waals surface area contributed by atoms with Gasteiger partial charge in [0.25, 0.3) is 0 Å². The number of ether oxygens (including phenoxy) is 1. The lowest BCUT2D eigenvalue weighted by Gasteiger charge is -2.22. The normalized spacial score (nSPS) is 12.8. The second-order valence-corrected chi connectivity index (χ2v) is 3.32. The van der Waals surface area contributed by atoms with Crippen molar-refractivity contribution in [3.05, 3.63) is 0 Å². The van der Waals surface area contributed by atoms with Crippen LogP contribution in [0.2, 0.25) is 0 Å². The molecule has 0 bridgehead atoms. The lowest BCUT2D eigenvalue weighted by molar-refractivity contribution is 0.101. The number of rotatable bonds is 8. The van der Waals surface area contributed by atoms with E-state index >= 15 is 0 Å². The molecule has 1 unspecified atom stereocenters. The number of aliphatic hydroxyl groups is 1. The van der Waals surface area contributed by atoms with E-state index in [-0.39, 0.29) is 5.88 Å². The Morgan fingerprint density at radius 3 is 2.79 bits per heavy atom. The van der Waals surface area contributed by atoms with E-state index in [0.717, 1.165) is 0 Å². The van der Waals surface area contributed by atoms with Crippen molar-refractivity contribution in [1.82, 2.24) is 4.90 Å². The van der Waals surface area contributed by atoms with E-state index in [1.54, 1.807) is 7.11 Å². The molecule has 0 saturated heterocycles. The summed E-state index contributed by atoms with van der Waals surface area (Å²) in [4.78, 5) is 1.97.